The van der Waals surface area contributed by atoms with Gasteiger partial charge in [0.2, 0.25) is 11.9 Å². The van der Waals surface area contributed by atoms with Crippen molar-refractivity contribution in [2.24, 2.45) is 0 Å². The van der Waals surface area contributed by atoms with Crippen molar-refractivity contribution in [3.05, 3.63) is 58.1 Å². The first-order valence-corrected chi connectivity index (χ1v) is 10.7. The van der Waals surface area contributed by atoms with Crippen molar-refractivity contribution in [2.75, 3.05) is 5.32 Å². The number of carbonyl (C=O) groups is 1. The molecule has 1 aliphatic carbocycles. The molecule has 1 heterocycles. The van der Waals surface area contributed by atoms with Crippen LogP contribution in [0.3, 0.4) is 0 Å². The molecule has 1 aliphatic rings. The lowest BCUT2D eigenvalue weighted by Crippen LogP contribution is -2.30. The van der Waals surface area contributed by atoms with Gasteiger partial charge in [-0.05, 0) is 43.9 Å². The van der Waals surface area contributed by atoms with E-state index in [1.807, 2.05) is 0 Å². The van der Waals surface area contributed by atoms with Gasteiger partial charge in [0, 0.05) is 10.5 Å². The van der Waals surface area contributed by atoms with Gasteiger partial charge < -0.3 is 9.67 Å². The van der Waals surface area contributed by atoms with Crippen molar-refractivity contribution in [3.8, 4) is 0 Å². The van der Waals surface area contributed by atoms with Gasteiger partial charge in [-0.3, -0.25) is 10.1 Å². The van der Waals surface area contributed by atoms with E-state index in [0.717, 1.165) is 25.3 Å². The molecule has 5 nitrogen and oxygen atoms in total. The predicted molar refractivity (Wildman–Crippen MR) is 115 cm³/mol. The van der Waals surface area contributed by atoms with E-state index in [2.05, 4.69) is 26.2 Å². The summed E-state index contributed by atoms with van der Waals surface area (Å²) in [5, 5.41) is 13.4. The standard InChI is InChI=1S/C22H21BrF3N3O2/c1-21(31,13-6-3-2-4-7-13)12-18(30)27-20-28-19-16(22(24,25)26)10-14(23)11-17(19)29(20)15-8-5-9-15/h2-4,6-7,10-11,15,31H,5,8-9,12H2,1H3,(H,27,28,30)/t21-/m1/s1. The minimum absolute atomic E-state index is 0.0367. The molecule has 4 rings (SSSR count). The third-order valence-corrected chi connectivity index (χ3v) is 6.11. The minimum Gasteiger partial charge on any atom is -0.385 e. The smallest absolute Gasteiger partial charge is 0.385 e. The van der Waals surface area contributed by atoms with Crippen LogP contribution in [0.25, 0.3) is 11.0 Å². The highest BCUT2D eigenvalue weighted by atomic mass is 79.9. The minimum atomic E-state index is -4.58. The zero-order valence-corrected chi connectivity index (χ0v) is 18.3. The van der Waals surface area contributed by atoms with Gasteiger partial charge in [0.1, 0.15) is 5.52 Å². The molecule has 2 N–H and O–H groups in total. The number of amides is 1. The lowest BCUT2D eigenvalue weighted by molar-refractivity contribution is -0.136. The van der Waals surface area contributed by atoms with Crippen LogP contribution in [0.15, 0.2) is 46.9 Å². The van der Waals surface area contributed by atoms with Gasteiger partial charge in [-0.2, -0.15) is 13.2 Å². The Hall–Kier alpha value is -2.39. The zero-order chi connectivity index (χ0) is 22.4. The molecule has 0 radical (unpaired) electrons. The monoisotopic (exact) mass is 495 g/mol. The predicted octanol–water partition coefficient (Wildman–Crippen LogP) is 5.78. The van der Waals surface area contributed by atoms with E-state index >= 15 is 0 Å². The summed E-state index contributed by atoms with van der Waals surface area (Å²) in [4.78, 5) is 16.9. The van der Waals surface area contributed by atoms with Crippen LogP contribution in [0.2, 0.25) is 0 Å². The zero-order valence-electron chi connectivity index (χ0n) is 16.7. The average Bonchev–Trinajstić information content (AvgIpc) is 2.97. The van der Waals surface area contributed by atoms with E-state index in [1.54, 1.807) is 41.0 Å². The molecule has 0 aliphatic heterocycles. The van der Waals surface area contributed by atoms with E-state index in [0.29, 0.717) is 11.1 Å². The van der Waals surface area contributed by atoms with Crippen molar-refractivity contribution < 1.29 is 23.1 Å². The number of nitrogens with one attached hydrogen (secondary N) is 1. The normalized spacial score (nSPS) is 16.7. The second kappa shape index (κ2) is 7.94. The van der Waals surface area contributed by atoms with E-state index in [1.165, 1.54) is 6.92 Å². The second-order valence-corrected chi connectivity index (χ2v) is 8.99. The van der Waals surface area contributed by atoms with Gasteiger partial charge in [-0.25, -0.2) is 4.98 Å². The lowest BCUT2D eigenvalue weighted by atomic mass is 9.92. The summed E-state index contributed by atoms with van der Waals surface area (Å²) in [6, 6.07) is 11.3. The molecule has 0 unspecified atom stereocenters. The van der Waals surface area contributed by atoms with Crippen molar-refractivity contribution >= 4 is 38.8 Å². The largest absolute Gasteiger partial charge is 0.418 e. The van der Waals surface area contributed by atoms with E-state index < -0.39 is 23.2 Å². The van der Waals surface area contributed by atoms with Crippen LogP contribution in [0, 0.1) is 0 Å². The molecule has 31 heavy (non-hydrogen) atoms. The summed E-state index contributed by atoms with van der Waals surface area (Å²) >= 11 is 3.16. The number of aliphatic hydroxyl groups is 1. The number of imidazole rings is 1. The van der Waals surface area contributed by atoms with Crippen LogP contribution in [-0.4, -0.2) is 20.6 Å². The van der Waals surface area contributed by atoms with Crippen LogP contribution in [0.1, 0.15) is 49.8 Å². The molecule has 1 fully saturated rings. The lowest BCUT2D eigenvalue weighted by Gasteiger charge is -2.29. The Balaban J connectivity index is 1.71. The molecular weight excluding hydrogens is 475 g/mol. The third-order valence-electron chi connectivity index (χ3n) is 5.66. The Labute approximate surface area is 185 Å². The molecule has 0 spiro atoms. The van der Waals surface area contributed by atoms with Crippen molar-refractivity contribution in [1.29, 1.82) is 0 Å². The number of carbonyl (C=O) groups excluding carboxylic acids is 1. The molecule has 1 aromatic heterocycles. The Bertz CT molecular complexity index is 1120. The molecule has 1 saturated carbocycles. The first-order chi connectivity index (χ1) is 14.6. The maximum absolute atomic E-state index is 13.6. The van der Waals surface area contributed by atoms with Gasteiger partial charge in [0.15, 0.2) is 0 Å². The summed E-state index contributed by atoms with van der Waals surface area (Å²) in [7, 11) is 0. The fraction of sp³-hybridized carbons (Fsp3) is 0.364. The summed E-state index contributed by atoms with van der Waals surface area (Å²) in [6.07, 6.45) is -2.30. The van der Waals surface area contributed by atoms with Gasteiger partial charge >= 0.3 is 6.18 Å². The molecule has 1 amide bonds. The molecule has 1 atom stereocenters. The molecule has 0 saturated heterocycles. The number of hydrogen-bond acceptors (Lipinski definition) is 3. The fourth-order valence-corrected chi connectivity index (χ4v) is 4.31. The summed E-state index contributed by atoms with van der Waals surface area (Å²) in [6.45, 7) is 1.52. The van der Waals surface area contributed by atoms with Gasteiger partial charge in [-0.1, -0.05) is 46.3 Å². The number of nitrogens with zero attached hydrogens (tertiary/aromatic N) is 2. The maximum atomic E-state index is 13.6. The molecular formula is C22H21BrF3N3O2. The molecule has 3 aromatic rings. The van der Waals surface area contributed by atoms with Gasteiger partial charge in [-0.15, -0.1) is 0 Å². The Morgan fingerprint density at radius 1 is 1.26 bits per heavy atom. The number of anilines is 1. The quantitative estimate of drug-likeness (QED) is 0.471. The summed E-state index contributed by atoms with van der Waals surface area (Å²) < 4.78 is 42.8. The third kappa shape index (κ3) is 4.34. The van der Waals surface area contributed by atoms with Crippen molar-refractivity contribution in [1.82, 2.24) is 9.55 Å². The van der Waals surface area contributed by atoms with Crippen LogP contribution in [0.4, 0.5) is 19.1 Å². The highest BCUT2D eigenvalue weighted by Gasteiger charge is 2.37. The van der Waals surface area contributed by atoms with Crippen LogP contribution < -0.4 is 5.32 Å². The number of halogens is 4. The number of rotatable bonds is 5. The number of aromatic nitrogens is 2. The van der Waals surface area contributed by atoms with E-state index in [4.69, 9.17) is 0 Å². The van der Waals surface area contributed by atoms with Crippen LogP contribution in [-0.2, 0) is 16.6 Å². The van der Waals surface area contributed by atoms with Crippen LogP contribution >= 0.6 is 15.9 Å². The van der Waals surface area contributed by atoms with Crippen molar-refractivity contribution in [3.63, 3.8) is 0 Å². The molecule has 164 valence electrons. The second-order valence-electron chi connectivity index (χ2n) is 8.07. The van der Waals surface area contributed by atoms with E-state index in [-0.39, 0.29) is 28.4 Å². The summed E-state index contributed by atoms with van der Waals surface area (Å²) in [5.41, 5.74) is -1.61. The Morgan fingerprint density at radius 2 is 1.94 bits per heavy atom. The Kier molecular flexibility index (Phi) is 5.59. The highest BCUT2D eigenvalue weighted by Crippen LogP contribution is 2.42. The van der Waals surface area contributed by atoms with Gasteiger partial charge in [0.25, 0.3) is 0 Å². The number of fused-ring (bicyclic) bond motifs is 1. The highest BCUT2D eigenvalue weighted by molar-refractivity contribution is 9.10. The summed E-state index contributed by atoms with van der Waals surface area (Å²) in [5.74, 6) is -0.463. The number of hydrogen-bond donors (Lipinski definition) is 2. The van der Waals surface area contributed by atoms with Crippen LogP contribution in [0.5, 0.6) is 0 Å². The van der Waals surface area contributed by atoms with Gasteiger partial charge in [0.05, 0.1) is 23.1 Å². The molecule has 2 aromatic carbocycles. The Morgan fingerprint density at radius 3 is 2.52 bits per heavy atom. The SMILES string of the molecule is C[C@@](O)(CC(=O)Nc1nc2c(C(F)(F)F)cc(Br)cc2n1C1CCC1)c1ccccc1. The molecule has 0 bridgehead atoms. The number of alkyl halides is 3. The topological polar surface area (TPSA) is 67.2 Å². The first kappa shape index (κ1) is 21.8. The van der Waals surface area contributed by atoms with Crippen molar-refractivity contribution in [2.45, 2.75) is 50.4 Å². The van der Waals surface area contributed by atoms with E-state index in [9.17, 15) is 23.1 Å². The maximum Gasteiger partial charge on any atom is 0.418 e. The first-order valence-electron chi connectivity index (χ1n) is 9.93. The number of benzene rings is 2. The molecule has 9 heteroatoms. The average molecular weight is 496 g/mol. The fourth-order valence-electron chi connectivity index (χ4n) is 3.86.